The van der Waals surface area contributed by atoms with Gasteiger partial charge in [-0.1, -0.05) is 78.1 Å². The van der Waals surface area contributed by atoms with Gasteiger partial charge in [0.25, 0.3) is 0 Å². The summed E-state index contributed by atoms with van der Waals surface area (Å²) in [6, 6.07) is 1.56. The maximum absolute atomic E-state index is 5.63. The summed E-state index contributed by atoms with van der Waals surface area (Å²) >= 11 is 0. The molecule has 38 heavy (non-hydrogen) atoms. The Labute approximate surface area is 237 Å². The second-order valence-electron chi connectivity index (χ2n) is 12.6. The minimum Gasteiger partial charge on any atom is -0.330 e. The Balaban J connectivity index is 0.000000228. The van der Waals surface area contributed by atoms with Crippen LogP contribution in [-0.2, 0) is 0 Å². The van der Waals surface area contributed by atoms with E-state index >= 15 is 0 Å². The highest BCUT2D eigenvalue weighted by Gasteiger charge is 2.13. The molecule has 6 fully saturated rings. The summed E-state index contributed by atoms with van der Waals surface area (Å²) < 4.78 is 0. The molecule has 3 saturated carbocycles. The molecule has 3 aliphatic heterocycles. The number of piperidine rings is 1. The summed E-state index contributed by atoms with van der Waals surface area (Å²) in [4.78, 5) is 0. The molecule has 0 amide bonds. The van der Waals surface area contributed by atoms with E-state index in [9.17, 15) is 0 Å². The van der Waals surface area contributed by atoms with Gasteiger partial charge in [-0.25, -0.2) is 0 Å². The third-order valence-corrected chi connectivity index (χ3v) is 8.72. The number of nitrogens with two attached hydrogens (primary N) is 4. The smallest absolute Gasteiger partial charge is 0.00629 e. The monoisotopic (exact) mass is 540 g/mol. The molecule has 7 heteroatoms. The van der Waals surface area contributed by atoms with Crippen molar-refractivity contribution in [1.29, 1.82) is 0 Å². The first-order valence-corrected chi connectivity index (χ1v) is 16.5. The third kappa shape index (κ3) is 20.6. The van der Waals surface area contributed by atoms with Crippen LogP contribution in [-0.4, -0.2) is 63.9 Å². The van der Waals surface area contributed by atoms with E-state index in [1.54, 1.807) is 0 Å². The largest absolute Gasteiger partial charge is 0.330 e. The molecule has 0 unspecified atom stereocenters. The summed E-state index contributed by atoms with van der Waals surface area (Å²) in [5, 5.41) is 9.58. The molecule has 7 nitrogen and oxygen atoms in total. The van der Waals surface area contributed by atoms with Gasteiger partial charge in [-0.05, 0) is 89.0 Å². The van der Waals surface area contributed by atoms with E-state index in [4.69, 9.17) is 22.9 Å². The second-order valence-corrected chi connectivity index (χ2v) is 12.6. The number of nitrogens with one attached hydrogen (secondary N) is 3. The van der Waals surface area contributed by atoms with Crippen LogP contribution in [0, 0.1) is 17.8 Å². The molecule has 11 N–H and O–H groups in total. The molecule has 0 aromatic rings. The van der Waals surface area contributed by atoms with Crippen molar-refractivity contribution < 1.29 is 0 Å². The van der Waals surface area contributed by atoms with Gasteiger partial charge >= 0.3 is 0 Å². The first kappa shape index (κ1) is 35.7. The Morgan fingerprint density at radius 2 is 0.921 bits per heavy atom. The van der Waals surface area contributed by atoms with Crippen molar-refractivity contribution in [2.24, 2.45) is 40.7 Å². The quantitative estimate of drug-likeness (QED) is 0.283. The van der Waals surface area contributed by atoms with Crippen molar-refractivity contribution in [3.63, 3.8) is 0 Å². The van der Waals surface area contributed by atoms with Crippen LogP contribution < -0.4 is 38.9 Å². The number of hydrogen-bond acceptors (Lipinski definition) is 7. The van der Waals surface area contributed by atoms with Crippen LogP contribution >= 0.6 is 0 Å². The molecule has 0 atom stereocenters. The fourth-order valence-corrected chi connectivity index (χ4v) is 5.22. The Kier molecular flexibility index (Phi) is 23.1. The van der Waals surface area contributed by atoms with Crippen LogP contribution in [0.25, 0.3) is 0 Å². The first-order chi connectivity index (χ1) is 18.4. The van der Waals surface area contributed by atoms with E-state index in [2.05, 4.69) is 29.8 Å². The number of hydrogen-bond donors (Lipinski definition) is 7. The normalized spacial score (nSPS) is 24.8. The summed E-state index contributed by atoms with van der Waals surface area (Å²) in [7, 11) is 0. The lowest BCUT2D eigenvalue weighted by Crippen LogP contribution is -2.45. The lowest BCUT2D eigenvalue weighted by Gasteiger charge is -2.25. The van der Waals surface area contributed by atoms with Crippen molar-refractivity contribution in [2.45, 2.75) is 135 Å². The van der Waals surface area contributed by atoms with Gasteiger partial charge in [-0.15, -0.1) is 0 Å². The Morgan fingerprint density at radius 3 is 1.08 bits per heavy atom. The number of rotatable bonds is 2. The van der Waals surface area contributed by atoms with Crippen molar-refractivity contribution >= 4 is 0 Å². The van der Waals surface area contributed by atoms with E-state index in [0.717, 1.165) is 63.3 Å². The standard InChI is InChI=1S/C6H13N.C6H12.C5H12N2.2C5H11N.C4H10N2/c7-6-4-2-1-3-5-6;1-6-4-2-3-5-6;6-5-1-3-7-4-2-5;1-2-5-3-6-4-5;6-5-3-1-2-4-5;5-1-4-2-6-3-4/h6H,1-5,7H2;6H,2-5H2,1H3;5,7H,1-4,6H2;5-6H,2-4H2,1H3;5H,1-4,6H2;4,6H,1-3,5H2. The Morgan fingerprint density at radius 1 is 0.526 bits per heavy atom. The van der Waals surface area contributed by atoms with Gasteiger partial charge in [0.2, 0.25) is 0 Å². The fourth-order valence-electron chi connectivity index (χ4n) is 5.22. The van der Waals surface area contributed by atoms with Gasteiger partial charge in [-0.2, -0.15) is 0 Å². The highest BCUT2D eigenvalue weighted by atomic mass is 15.0. The predicted molar refractivity (Wildman–Crippen MR) is 167 cm³/mol. The molecule has 3 heterocycles. The summed E-state index contributed by atoms with van der Waals surface area (Å²) in [6.45, 7) is 12.5. The second kappa shape index (κ2) is 24.5. The highest BCUT2D eigenvalue weighted by molar-refractivity contribution is 4.74. The zero-order valence-electron chi connectivity index (χ0n) is 25.5. The van der Waals surface area contributed by atoms with E-state index < -0.39 is 0 Å². The van der Waals surface area contributed by atoms with Gasteiger partial charge in [0, 0.05) is 31.2 Å². The van der Waals surface area contributed by atoms with Crippen LogP contribution in [0.15, 0.2) is 0 Å². The van der Waals surface area contributed by atoms with Gasteiger partial charge in [0.15, 0.2) is 0 Å². The summed E-state index contributed by atoms with van der Waals surface area (Å²) in [5.41, 5.74) is 22.1. The van der Waals surface area contributed by atoms with Crippen LogP contribution in [0.3, 0.4) is 0 Å². The zero-order valence-corrected chi connectivity index (χ0v) is 25.5. The maximum atomic E-state index is 5.63. The van der Waals surface area contributed by atoms with Gasteiger partial charge in [0.1, 0.15) is 0 Å². The Hall–Kier alpha value is -0.280. The minimum absolute atomic E-state index is 0.473. The fraction of sp³-hybridized carbons (Fsp3) is 1.00. The topological polar surface area (TPSA) is 140 Å². The molecule has 6 aliphatic rings. The minimum atomic E-state index is 0.473. The first-order valence-electron chi connectivity index (χ1n) is 16.5. The van der Waals surface area contributed by atoms with Gasteiger partial charge in [-0.3, -0.25) is 0 Å². The molecular formula is C31H69N7. The lowest BCUT2D eigenvalue weighted by atomic mass is 9.97. The molecule has 3 saturated heterocycles. The van der Waals surface area contributed by atoms with Gasteiger partial charge < -0.3 is 38.9 Å². The molecular weight excluding hydrogens is 470 g/mol. The van der Waals surface area contributed by atoms with Gasteiger partial charge in [0.05, 0.1) is 0 Å². The van der Waals surface area contributed by atoms with E-state index in [1.807, 2.05) is 0 Å². The molecule has 0 radical (unpaired) electrons. The molecule has 6 rings (SSSR count). The van der Waals surface area contributed by atoms with Crippen LogP contribution in [0.4, 0.5) is 0 Å². The lowest BCUT2D eigenvalue weighted by molar-refractivity contribution is 0.339. The average Bonchev–Trinajstić information content (AvgIpc) is 3.54. The van der Waals surface area contributed by atoms with Crippen molar-refractivity contribution in [2.75, 3.05) is 45.8 Å². The molecule has 228 valence electrons. The van der Waals surface area contributed by atoms with Crippen LogP contribution in [0.1, 0.15) is 117 Å². The van der Waals surface area contributed by atoms with E-state index in [0.29, 0.717) is 18.1 Å². The summed E-state index contributed by atoms with van der Waals surface area (Å²) in [6.07, 6.45) is 21.5. The predicted octanol–water partition coefficient (Wildman–Crippen LogP) is 3.84. The van der Waals surface area contributed by atoms with Crippen molar-refractivity contribution in [3.05, 3.63) is 0 Å². The van der Waals surface area contributed by atoms with Crippen molar-refractivity contribution in [3.8, 4) is 0 Å². The SMILES string of the molecule is CC1CCCC1.CCC1CNC1.NC1CCCC1.NC1CCCCC1.NC1CCNCC1.NCC1CNC1. The van der Waals surface area contributed by atoms with E-state index in [1.165, 1.54) is 103 Å². The third-order valence-electron chi connectivity index (χ3n) is 8.72. The molecule has 0 bridgehead atoms. The average molecular weight is 540 g/mol. The van der Waals surface area contributed by atoms with Crippen LogP contribution in [0.5, 0.6) is 0 Å². The summed E-state index contributed by atoms with van der Waals surface area (Å²) in [5.74, 6) is 2.83. The molecule has 0 aromatic heterocycles. The molecule has 0 spiro atoms. The zero-order chi connectivity index (χ0) is 27.8. The molecule has 3 aliphatic carbocycles. The van der Waals surface area contributed by atoms with Crippen LogP contribution in [0.2, 0.25) is 0 Å². The Bertz CT molecular complexity index is 425. The van der Waals surface area contributed by atoms with E-state index in [-0.39, 0.29) is 0 Å². The maximum Gasteiger partial charge on any atom is 0.00629 e. The highest BCUT2D eigenvalue weighted by Crippen LogP contribution is 2.23. The molecule has 0 aromatic carbocycles. The van der Waals surface area contributed by atoms with Crippen molar-refractivity contribution in [1.82, 2.24) is 16.0 Å².